The predicted molar refractivity (Wildman–Crippen MR) is 112 cm³/mol. The number of hydrogen-bond donors (Lipinski definition) is 3. The van der Waals surface area contributed by atoms with E-state index in [-0.39, 0.29) is 19.1 Å². The minimum absolute atomic E-state index is 0.105. The van der Waals surface area contributed by atoms with Gasteiger partial charge in [-0.2, -0.15) is 13.2 Å². The van der Waals surface area contributed by atoms with E-state index in [0.29, 0.717) is 0 Å². The van der Waals surface area contributed by atoms with Crippen molar-refractivity contribution in [2.45, 2.75) is 12.1 Å². The van der Waals surface area contributed by atoms with Crippen molar-refractivity contribution in [3.63, 3.8) is 0 Å². The lowest BCUT2D eigenvalue weighted by Gasteiger charge is -2.15. The third kappa shape index (κ3) is 5.91. The molecule has 2 aromatic rings. The average Bonchev–Trinajstić information content (AvgIpc) is 3.08. The third-order valence-electron chi connectivity index (χ3n) is 5.15. The van der Waals surface area contributed by atoms with Crippen LogP contribution >= 0.6 is 0 Å². The van der Waals surface area contributed by atoms with Crippen LogP contribution in [0.1, 0.15) is 17.0 Å². The molecule has 2 aromatic carbocycles. The van der Waals surface area contributed by atoms with Crippen molar-refractivity contribution < 1.29 is 37.4 Å². The molecule has 0 aliphatic heterocycles. The molecule has 33 heavy (non-hydrogen) atoms. The Hall–Kier alpha value is -3.82. The van der Waals surface area contributed by atoms with Crippen LogP contribution in [-0.4, -0.2) is 48.9 Å². The number of alkyl halides is 3. The second kappa shape index (κ2) is 10.2. The number of amides is 2. The van der Waals surface area contributed by atoms with Crippen LogP contribution in [0.2, 0.25) is 0 Å². The Morgan fingerprint density at radius 1 is 1.00 bits per heavy atom. The normalized spacial score (nSPS) is 13.8. The molecule has 0 bridgehead atoms. The topological polar surface area (TPSA) is 105 Å². The predicted octanol–water partition coefficient (Wildman–Crippen LogP) is 3.46. The maximum absolute atomic E-state index is 12.6. The number of alkyl carbamates (subject to hydrolysis) is 1. The summed E-state index contributed by atoms with van der Waals surface area (Å²) in [7, 11) is 0. The van der Waals surface area contributed by atoms with Crippen LogP contribution in [0.4, 0.5) is 18.0 Å². The number of carboxylic acid groups (broad SMARTS) is 1. The molecule has 1 unspecified atom stereocenters. The summed E-state index contributed by atoms with van der Waals surface area (Å²) < 4.78 is 43.0. The molecule has 1 atom stereocenters. The highest BCUT2D eigenvalue weighted by Gasteiger charge is 2.45. The second-order valence-corrected chi connectivity index (χ2v) is 7.29. The number of halogens is 3. The lowest BCUT2D eigenvalue weighted by atomic mass is 9.98. The number of carbonyl (C=O) groups is 3. The number of hydrogen-bond acceptors (Lipinski definition) is 4. The molecular weight excluding hydrogens is 441 g/mol. The Labute approximate surface area is 187 Å². The molecule has 0 radical (unpaired) electrons. The summed E-state index contributed by atoms with van der Waals surface area (Å²) in [4.78, 5) is 34.2. The first-order chi connectivity index (χ1) is 15.7. The zero-order valence-electron chi connectivity index (χ0n) is 17.3. The van der Waals surface area contributed by atoms with Gasteiger partial charge in [-0.3, -0.25) is 9.59 Å². The minimum atomic E-state index is -4.98. The summed E-state index contributed by atoms with van der Waals surface area (Å²) in [6, 6.07) is 15.7. The minimum Gasteiger partial charge on any atom is -0.481 e. The molecule has 1 aliphatic rings. The van der Waals surface area contributed by atoms with Crippen molar-refractivity contribution in [3.05, 3.63) is 71.8 Å². The van der Waals surface area contributed by atoms with E-state index in [1.165, 1.54) is 6.08 Å². The summed E-state index contributed by atoms with van der Waals surface area (Å²) in [5.74, 6) is -5.81. The summed E-state index contributed by atoms with van der Waals surface area (Å²) in [6.45, 7) is -1.09. The zero-order chi connectivity index (χ0) is 24.0. The van der Waals surface area contributed by atoms with Gasteiger partial charge < -0.3 is 20.5 Å². The van der Waals surface area contributed by atoms with E-state index in [2.05, 4.69) is 5.32 Å². The first kappa shape index (κ1) is 23.8. The molecule has 0 fully saturated rings. The number of carboxylic acids is 1. The number of nitrogens with one attached hydrogen (secondary N) is 2. The lowest BCUT2D eigenvalue weighted by Crippen LogP contribution is -2.40. The smallest absolute Gasteiger partial charge is 0.407 e. The van der Waals surface area contributed by atoms with E-state index in [1.807, 2.05) is 53.8 Å². The van der Waals surface area contributed by atoms with Crippen molar-refractivity contribution in [1.29, 1.82) is 0 Å². The van der Waals surface area contributed by atoms with Crippen LogP contribution in [0, 0.1) is 5.92 Å². The summed E-state index contributed by atoms with van der Waals surface area (Å²) in [5, 5.41) is 12.9. The van der Waals surface area contributed by atoms with Crippen LogP contribution in [0.25, 0.3) is 11.1 Å². The van der Waals surface area contributed by atoms with Gasteiger partial charge in [0.2, 0.25) is 5.91 Å². The van der Waals surface area contributed by atoms with Crippen LogP contribution < -0.4 is 10.6 Å². The fourth-order valence-electron chi connectivity index (χ4n) is 3.56. The van der Waals surface area contributed by atoms with E-state index < -0.39 is 36.6 Å². The SMILES string of the molecule is O=C(/C=C/CNC(=O)OCC1c2ccccc2-c2ccccc21)NCC(C(=O)O)C(F)(F)F. The van der Waals surface area contributed by atoms with E-state index in [0.717, 1.165) is 28.3 Å². The average molecular weight is 462 g/mol. The third-order valence-corrected chi connectivity index (χ3v) is 5.15. The molecule has 174 valence electrons. The quantitative estimate of drug-likeness (QED) is 0.522. The van der Waals surface area contributed by atoms with Gasteiger partial charge in [-0.1, -0.05) is 54.6 Å². The monoisotopic (exact) mass is 462 g/mol. The van der Waals surface area contributed by atoms with Gasteiger partial charge in [-0.15, -0.1) is 0 Å². The molecule has 3 N–H and O–H groups in total. The Morgan fingerprint density at radius 2 is 1.58 bits per heavy atom. The molecule has 0 heterocycles. The molecule has 2 amide bonds. The molecule has 10 heteroatoms. The van der Waals surface area contributed by atoms with Gasteiger partial charge in [0.25, 0.3) is 0 Å². The molecule has 0 saturated heterocycles. The van der Waals surface area contributed by atoms with E-state index >= 15 is 0 Å². The number of ether oxygens (including phenoxy) is 1. The Balaban J connectivity index is 1.45. The molecule has 0 saturated carbocycles. The highest BCUT2D eigenvalue weighted by molar-refractivity contribution is 5.88. The van der Waals surface area contributed by atoms with Crippen molar-refractivity contribution in [1.82, 2.24) is 10.6 Å². The van der Waals surface area contributed by atoms with Gasteiger partial charge in [-0.05, 0) is 22.3 Å². The second-order valence-electron chi connectivity index (χ2n) is 7.29. The maximum atomic E-state index is 12.6. The highest BCUT2D eigenvalue weighted by atomic mass is 19.4. The van der Waals surface area contributed by atoms with Crippen molar-refractivity contribution in [2.24, 2.45) is 5.92 Å². The Bertz CT molecular complexity index is 1020. The van der Waals surface area contributed by atoms with Gasteiger partial charge in [0.05, 0.1) is 0 Å². The largest absolute Gasteiger partial charge is 0.481 e. The fourth-order valence-corrected chi connectivity index (χ4v) is 3.56. The number of benzene rings is 2. The summed E-state index contributed by atoms with van der Waals surface area (Å²) in [6.07, 6.45) is -3.59. The lowest BCUT2D eigenvalue weighted by molar-refractivity contribution is -0.192. The van der Waals surface area contributed by atoms with Gasteiger partial charge in [0.15, 0.2) is 5.92 Å². The fraction of sp³-hybridized carbons (Fsp3) is 0.261. The number of rotatable bonds is 8. The molecule has 1 aliphatic carbocycles. The maximum Gasteiger partial charge on any atom is 0.407 e. The molecule has 7 nitrogen and oxygen atoms in total. The molecule has 0 aromatic heterocycles. The molecular formula is C23H21F3N2O5. The van der Waals surface area contributed by atoms with Gasteiger partial charge >= 0.3 is 18.2 Å². The number of aliphatic carboxylic acids is 1. The molecule has 0 spiro atoms. The van der Waals surface area contributed by atoms with Crippen LogP contribution in [-0.2, 0) is 14.3 Å². The van der Waals surface area contributed by atoms with Gasteiger partial charge in [0, 0.05) is 25.1 Å². The Morgan fingerprint density at radius 3 is 2.12 bits per heavy atom. The van der Waals surface area contributed by atoms with Gasteiger partial charge in [0.1, 0.15) is 6.61 Å². The van der Waals surface area contributed by atoms with E-state index in [4.69, 9.17) is 9.84 Å². The van der Waals surface area contributed by atoms with Crippen molar-refractivity contribution >= 4 is 18.0 Å². The summed E-state index contributed by atoms with van der Waals surface area (Å²) in [5.41, 5.74) is 4.29. The Kier molecular flexibility index (Phi) is 7.37. The van der Waals surface area contributed by atoms with Crippen molar-refractivity contribution in [2.75, 3.05) is 19.7 Å². The van der Waals surface area contributed by atoms with Crippen LogP contribution in [0.5, 0.6) is 0 Å². The first-order valence-electron chi connectivity index (χ1n) is 10.0. The molecule has 3 rings (SSSR count). The number of fused-ring (bicyclic) bond motifs is 3. The van der Waals surface area contributed by atoms with Crippen LogP contribution in [0.3, 0.4) is 0 Å². The highest BCUT2D eigenvalue weighted by Crippen LogP contribution is 2.44. The van der Waals surface area contributed by atoms with E-state index in [1.54, 1.807) is 0 Å². The van der Waals surface area contributed by atoms with Gasteiger partial charge in [-0.25, -0.2) is 4.79 Å². The zero-order valence-corrected chi connectivity index (χ0v) is 17.3. The van der Waals surface area contributed by atoms with Crippen LogP contribution in [0.15, 0.2) is 60.7 Å². The van der Waals surface area contributed by atoms with E-state index in [9.17, 15) is 27.6 Å². The van der Waals surface area contributed by atoms with Crippen molar-refractivity contribution in [3.8, 4) is 11.1 Å². The summed E-state index contributed by atoms with van der Waals surface area (Å²) >= 11 is 0. The number of carbonyl (C=O) groups excluding carboxylic acids is 2. The standard InChI is InChI=1S/C23H21F3N2O5/c24-23(25,26)19(21(30)31)12-28-20(29)10-5-11-27-22(32)33-13-18-16-8-3-1-6-14(16)15-7-2-4-9-17(15)18/h1-10,18-19H,11-13H2,(H,27,32)(H,28,29)(H,30,31)/b10-5+. The first-order valence-corrected chi connectivity index (χ1v) is 10.0.